The largest absolute Gasteiger partial charge is 0.381 e. The first-order valence-corrected chi connectivity index (χ1v) is 9.71. The van der Waals surface area contributed by atoms with E-state index in [-0.39, 0.29) is 18.3 Å². The van der Waals surface area contributed by atoms with Crippen molar-refractivity contribution in [2.75, 3.05) is 30.4 Å². The fourth-order valence-electron chi connectivity index (χ4n) is 3.09. The number of carbonyl (C=O) groups excluding carboxylic acids is 1. The molecule has 0 radical (unpaired) electrons. The molecule has 1 amide bonds. The predicted octanol–water partition coefficient (Wildman–Crippen LogP) is 1.78. The van der Waals surface area contributed by atoms with Crippen molar-refractivity contribution in [3.05, 3.63) is 41.2 Å². The minimum absolute atomic E-state index is 0.109. The number of primary amides is 1. The number of aromatic nitrogens is 2. The first-order valence-electron chi connectivity index (χ1n) is 9.71. The lowest BCUT2D eigenvalue weighted by molar-refractivity contribution is 0.0903. The van der Waals surface area contributed by atoms with Crippen LogP contribution in [-0.2, 0) is 11.2 Å². The molecule has 0 atom stereocenters. The van der Waals surface area contributed by atoms with Crippen LogP contribution < -0.4 is 22.1 Å². The number of nitrogens with two attached hydrogens (primary N) is 2. The summed E-state index contributed by atoms with van der Waals surface area (Å²) >= 11 is 0. The molecule has 2 aromatic rings. The van der Waals surface area contributed by atoms with Gasteiger partial charge in [-0.15, -0.1) is 0 Å². The molecular weight excluding hydrogens is 368 g/mol. The normalized spacial score (nSPS) is 14.0. The van der Waals surface area contributed by atoms with E-state index >= 15 is 0 Å². The number of ether oxygens (including phenoxy) is 1. The van der Waals surface area contributed by atoms with E-state index in [1.54, 1.807) is 0 Å². The van der Waals surface area contributed by atoms with E-state index < -0.39 is 5.91 Å². The van der Waals surface area contributed by atoms with Gasteiger partial charge in [-0.3, -0.25) is 4.79 Å². The Morgan fingerprint density at radius 3 is 2.76 bits per heavy atom. The first kappa shape index (κ1) is 20.6. The van der Waals surface area contributed by atoms with Gasteiger partial charge in [-0.1, -0.05) is 24.8 Å². The average Bonchev–Trinajstić information content (AvgIpc) is 2.73. The Morgan fingerprint density at radius 1 is 1.28 bits per heavy atom. The van der Waals surface area contributed by atoms with Crippen molar-refractivity contribution in [2.24, 2.45) is 11.5 Å². The molecule has 152 valence electrons. The molecule has 0 bridgehead atoms. The number of nitrogens with one attached hydrogen (secondary N) is 2. The molecule has 1 saturated heterocycles. The highest BCUT2D eigenvalue weighted by Gasteiger charge is 2.20. The lowest BCUT2D eigenvalue weighted by atomic mass is 10.1. The molecule has 29 heavy (non-hydrogen) atoms. The van der Waals surface area contributed by atoms with Gasteiger partial charge in [0.2, 0.25) is 0 Å². The van der Waals surface area contributed by atoms with Gasteiger partial charge < -0.3 is 26.8 Å². The van der Waals surface area contributed by atoms with Crippen LogP contribution in [-0.4, -0.2) is 41.7 Å². The third-order valence-electron chi connectivity index (χ3n) is 4.56. The Morgan fingerprint density at radius 2 is 2.07 bits per heavy atom. The summed E-state index contributed by atoms with van der Waals surface area (Å²) in [5, 5.41) is 6.61. The van der Waals surface area contributed by atoms with Gasteiger partial charge in [-0.2, -0.15) is 0 Å². The quantitative estimate of drug-likeness (QED) is 0.550. The standard InChI is InChI=1S/C21H26N6O2/c1-2-17-20(24-15-8-11-29-12-9-15)27-21(18(26-17)19(23)28)25-16-7-3-5-14(13-16)6-4-10-22/h3,5,7,13,15H,2,8-12,22H2,1H3,(H2,23,28)(H2,24,25,27). The summed E-state index contributed by atoms with van der Waals surface area (Å²) in [5.41, 5.74) is 13.4. The van der Waals surface area contributed by atoms with Gasteiger partial charge in [0.15, 0.2) is 17.3 Å². The monoisotopic (exact) mass is 394 g/mol. The van der Waals surface area contributed by atoms with Crippen molar-refractivity contribution in [2.45, 2.75) is 32.2 Å². The molecule has 3 rings (SSSR count). The summed E-state index contributed by atoms with van der Waals surface area (Å²) in [6.07, 6.45) is 2.42. The number of nitrogens with zero attached hydrogens (tertiary/aromatic N) is 2. The molecule has 1 aliphatic rings. The summed E-state index contributed by atoms with van der Waals surface area (Å²) in [4.78, 5) is 21.1. The highest BCUT2D eigenvalue weighted by atomic mass is 16.5. The average molecular weight is 394 g/mol. The molecule has 8 heteroatoms. The highest BCUT2D eigenvalue weighted by Crippen LogP contribution is 2.24. The van der Waals surface area contributed by atoms with Crippen LogP contribution in [0, 0.1) is 11.8 Å². The van der Waals surface area contributed by atoms with Crippen LogP contribution in [0.5, 0.6) is 0 Å². The molecule has 2 heterocycles. The fraction of sp³-hybridized carbons (Fsp3) is 0.381. The maximum atomic E-state index is 12.0. The number of hydrogen-bond acceptors (Lipinski definition) is 7. The summed E-state index contributed by atoms with van der Waals surface area (Å²) in [7, 11) is 0. The molecule has 6 N–H and O–H groups in total. The molecule has 1 aliphatic heterocycles. The molecule has 1 aromatic heterocycles. The lowest BCUT2D eigenvalue weighted by Crippen LogP contribution is -2.29. The molecular formula is C21H26N6O2. The number of anilines is 3. The zero-order valence-electron chi connectivity index (χ0n) is 16.5. The number of rotatable bonds is 6. The number of aryl methyl sites for hydroxylation is 1. The van der Waals surface area contributed by atoms with Gasteiger partial charge in [0.25, 0.3) is 5.91 Å². The maximum Gasteiger partial charge on any atom is 0.271 e. The minimum atomic E-state index is -0.633. The van der Waals surface area contributed by atoms with Crippen LogP contribution in [0.25, 0.3) is 0 Å². The summed E-state index contributed by atoms with van der Waals surface area (Å²) in [6.45, 7) is 3.69. The van der Waals surface area contributed by atoms with E-state index in [0.29, 0.717) is 37.0 Å². The Balaban J connectivity index is 1.93. The van der Waals surface area contributed by atoms with E-state index in [0.717, 1.165) is 24.1 Å². The summed E-state index contributed by atoms with van der Waals surface area (Å²) in [5.74, 6) is 6.15. The maximum absolute atomic E-state index is 12.0. The number of benzene rings is 1. The van der Waals surface area contributed by atoms with Gasteiger partial charge in [-0.05, 0) is 37.5 Å². The second-order valence-electron chi connectivity index (χ2n) is 6.68. The van der Waals surface area contributed by atoms with Gasteiger partial charge in [0, 0.05) is 30.5 Å². The summed E-state index contributed by atoms with van der Waals surface area (Å²) < 4.78 is 5.42. The zero-order chi connectivity index (χ0) is 20.6. The van der Waals surface area contributed by atoms with Crippen molar-refractivity contribution in [1.82, 2.24) is 9.97 Å². The second kappa shape index (κ2) is 9.87. The van der Waals surface area contributed by atoms with E-state index in [9.17, 15) is 4.79 Å². The van der Waals surface area contributed by atoms with Gasteiger partial charge in [0.1, 0.15) is 0 Å². The van der Waals surface area contributed by atoms with Gasteiger partial charge in [0.05, 0.1) is 12.2 Å². The van der Waals surface area contributed by atoms with Crippen LogP contribution in [0.3, 0.4) is 0 Å². The molecule has 0 saturated carbocycles. The van der Waals surface area contributed by atoms with Crippen molar-refractivity contribution >= 4 is 23.2 Å². The molecule has 0 unspecified atom stereocenters. The number of amides is 1. The molecule has 0 spiro atoms. The Bertz CT molecular complexity index is 928. The van der Waals surface area contributed by atoms with E-state index in [1.807, 2.05) is 31.2 Å². The van der Waals surface area contributed by atoms with Crippen LogP contribution in [0.4, 0.5) is 17.3 Å². The smallest absolute Gasteiger partial charge is 0.271 e. The molecule has 8 nitrogen and oxygen atoms in total. The van der Waals surface area contributed by atoms with E-state index in [1.165, 1.54) is 0 Å². The van der Waals surface area contributed by atoms with Crippen LogP contribution in [0.1, 0.15) is 41.5 Å². The Hall–Kier alpha value is -3.15. The summed E-state index contributed by atoms with van der Waals surface area (Å²) in [6, 6.07) is 7.72. The zero-order valence-corrected chi connectivity index (χ0v) is 16.5. The van der Waals surface area contributed by atoms with Crippen LogP contribution in [0.2, 0.25) is 0 Å². The topological polar surface area (TPSA) is 128 Å². The van der Waals surface area contributed by atoms with E-state index in [4.69, 9.17) is 16.2 Å². The van der Waals surface area contributed by atoms with Crippen molar-refractivity contribution in [3.8, 4) is 11.8 Å². The number of hydrogen-bond donors (Lipinski definition) is 4. The molecule has 1 aromatic carbocycles. The third kappa shape index (κ3) is 5.44. The van der Waals surface area contributed by atoms with E-state index in [2.05, 4.69) is 32.4 Å². The van der Waals surface area contributed by atoms with Crippen LogP contribution in [0.15, 0.2) is 24.3 Å². The predicted molar refractivity (Wildman–Crippen MR) is 113 cm³/mol. The molecule has 0 aliphatic carbocycles. The first-order chi connectivity index (χ1) is 14.1. The van der Waals surface area contributed by atoms with Crippen molar-refractivity contribution < 1.29 is 9.53 Å². The van der Waals surface area contributed by atoms with Gasteiger partial charge in [-0.25, -0.2) is 9.97 Å². The Labute approximate surface area is 170 Å². The van der Waals surface area contributed by atoms with Crippen molar-refractivity contribution in [3.63, 3.8) is 0 Å². The third-order valence-corrected chi connectivity index (χ3v) is 4.56. The Kier molecular flexibility index (Phi) is 7.00. The molecule has 1 fully saturated rings. The number of carbonyl (C=O) groups is 1. The fourth-order valence-corrected chi connectivity index (χ4v) is 3.09. The highest BCUT2D eigenvalue weighted by molar-refractivity contribution is 5.96. The van der Waals surface area contributed by atoms with Crippen LogP contribution >= 0.6 is 0 Å². The van der Waals surface area contributed by atoms with Gasteiger partial charge >= 0.3 is 0 Å². The lowest BCUT2D eigenvalue weighted by Gasteiger charge is -2.25. The SMILES string of the molecule is CCc1nc(C(N)=O)c(Nc2cccc(C#CCN)c2)nc1NC1CCOCC1. The second-order valence-corrected chi connectivity index (χ2v) is 6.68. The van der Waals surface area contributed by atoms with Crippen molar-refractivity contribution in [1.29, 1.82) is 0 Å². The minimum Gasteiger partial charge on any atom is -0.381 e.